The summed E-state index contributed by atoms with van der Waals surface area (Å²) in [4.78, 5) is 12.0. The van der Waals surface area contributed by atoms with E-state index in [9.17, 15) is 13.2 Å². The van der Waals surface area contributed by atoms with Gasteiger partial charge in [0.1, 0.15) is 0 Å². The molecular weight excluding hydrogens is 262 g/mol. The Morgan fingerprint density at radius 2 is 2.11 bits per heavy atom. The van der Waals surface area contributed by atoms with Crippen molar-refractivity contribution < 1.29 is 13.2 Å². The van der Waals surface area contributed by atoms with Crippen molar-refractivity contribution in [3.63, 3.8) is 0 Å². The largest absolute Gasteiger partial charge is 0.384 e. The number of ketones is 1. The summed E-state index contributed by atoms with van der Waals surface area (Å²) < 4.78 is 23.2. The third kappa shape index (κ3) is 3.56. The van der Waals surface area contributed by atoms with Crippen LogP contribution in [0.2, 0.25) is 0 Å². The van der Waals surface area contributed by atoms with Crippen LogP contribution in [0.5, 0.6) is 0 Å². The van der Waals surface area contributed by atoms with Crippen molar-refractivity contribution in [1.82, 2.24) is 0 Å². The Hall–Kier alpha value is -1.36. The Bertz CT molecular complexity index is 578. The zero-order valence-corrected chi connectivity index (χ0v) is 11.9. The van der Waals surface area contributed by atoms with Gasteiger partial charge in [-0.2, -0.15) is 0 Å². The summed E-state index contributed by atoms with van der Waals surface area (Å²) in [5, 5.41) is 3.23. The van der Waals surface area contributed by atoms with E-state index in [1.54, 1.807) is 6.07 Å². The third-order valence-electron chi connectivity index (χ3n) is 3.29. The molecule has 0 aromatic heterocycles. The van der Waals surface area contributed by atoms with E-state index >= 15 is 0 Å². The molecule has 19 heavy (non-hydrogen) atoms. The van der Waals surface area contributed by atoms with E-state index in [4.69, 9.17) is 0 Å². The maximum absolute atomic E-state index is 12.0. The first-order valence-corrected chi connectivity index (χ1v) is 8.44. The Balaban J connectivity index is 2.01. The molecule has 0 atom stereocenters. The van der Waals surface area contributed by atoms with Crippen LogP contribution in [-0.4, -0.2) is 32.3 Å². The highest BCUT2D eigenvalue weighted by atomic mass is 32.2. The van der Waals surface area contributed by atoms with Gasteiger partial charge >= 0.3 is 0 Å². The van der Waals surface area contributed by atoms with Crippen LogP contribution in [0.4, 0.5) is 5.69 Å². The van der Waals surface area contributed by atoms with Gasteiger partial charge in [0, 0.05) is 30.0 Å². The van der Waals surface area contributed by atoms with E-state index in [0.29, 0.717) is 12.0 Å². The van der Waals surface area contributed by atoms with Crippen LogP contribution < -0.4 is 5.32 Å². The van der Waals surface area contributed by atoms with Gasteiger partial charge in [-0.25, -0.2) is 8.42 Å². The van der Waals surface area contributed by atoms with Crippen LogP contribution in [-0.2, 0) is 16.3 Å². The lowest BCUT2D eigenvalue weighted by atomic mass is 10.0. The van der Waals surface area contributed by atoms with Crippen LogP contribution in [0, 0.1) is 0 Å². The Kier molecular flexibility index (Phi) is 4.24. The van der Waals surface area contributed by atoms with E-state index in [0.717, 1.165) is 24.2 Å². The normalized spacial score (nSPS) is 13.9. The van der Waals surface area contributed by atoms with E-state index in [1.807, 2.05) is 19.1 Å². The molecule has 0 saturated carbocycles. The number of hydrogen-bond acceptors (Lipinski definition) is 4. The lowest BCUT2D eigenvalue weighted by molar-refractivity contribution is 0.0988. The van der Waals surface area contributed by atoms with Crippen LogP contribution in [0.3, 0.4) is 0 Å². The molecule has 104 valence electrons. The van der Waals surface area contributed by atoms with Crippen molar-refractivity contribution in [3.8, 4) is 0 Å². The van der Waals surface area contributed by atoms with E-state index < -0.39 is 9.84 Å². The second kappa shape index (κ2) is 5.74. The molecule has 0 bridgehead atoms. The Labute approximate surface area is 114 Å². The molecule has 1 aliphatic heterocycles. The summed E-state index contributed by atoms with van der Waals surface area (Å²) in [6.07, 6.45) is 1.60. The van der Waals surface area contributed by atoms with Gasteiger partial charge in [-0.3, -0.25) is 4.79 Å². The first-order valence-electron chi connectivity index (χ1n) is 6.62. The molecule has 0 radical (unpaired) electrons. The topological polar surface area (TPSA) is 63.2 Å². The number of nitrogens with one attached hydrogen (secondary N) is 1. The quantitative estimate of drug-likeness (QED) is 0.811. The van der Waals surface area contributed by atoms with Gasteiger partial charge in [-0.15, -0.1) is 0 Å². The zero-order valence-electron chi connectivity index (χ0n) is 11.1. The number of sulfone groups is 1. The van der Waals surface area contributed by atoms with Crippen LogP contribution in [0.15, 0.2) is 18.2 Å². The average molecular weight is 281 g/mol. The van der Waals surface area contributed by atoms with Gasteiger partial charge in [0.2, 0.25) is 0 Å². The van der Waals surface area contributed by atoms with Gasteiger partial charge in [0.05, 0.1) is 5.75 Å². The molecule has 1 N–H and O–H groups in total. The molecule has 1 heterocycles. The third-order valence-corrected chi connectivity index (χ3v) is 5.15. The predicted octanol–water partition coefficient (Wildman–Crippen LogP) is 2.05. The lowest BCUT2D eigenvalue weighted by Crippen LogP contribution is -2.14. The summed E-state index contributed by atoms with van der Waals surface area (Å²) in [6.45, 7) is 2.73. The number of hydrogen-bond donors (Lipinski definition) is 1. The van der Waals surface area contributed by atoms with Gasteiger partial charge in [-0.05, 0) is 36.6 Å². The summed E-state index contributed by atoms with van der Waals surface area (Å²) in [5.74, 6) is 0.0259. The highest BCUT2D eigenvalue weighted by molar-refractivity contribution is 7.91. The maximum atomic E-state index is 12.0. The van der Waals surface area contributed by atoms with Crippen LogP contribution in [0.1, 0.15) is 35.7 Å². The Morgan fingerprint density at radius 1 is 1.32 bits per heavy atom. The van der Waals surface area contributed by atoms with Crippen LogP contribution in [0.25, 0.3) is 0 Å². The molecule has 0 aliphatic carbocycles. The molecule has 0 amide bonds. The minimum absolute atomic E-state index is 0.0466. The molecule has 0 saturated heterocycles. The molecule has 1 aromatic rings. The number of Topliss-reactive ketones (excluding diaryl/α,β-unsaturated/α-hetero) is 1. The average Bonchev–Trinajstić information content (AvgIpc) is 2.83. The molecule has 5 heteroatoms. The summed E-state index contributed by atoms with van der Waals surface area (Å²) in [7, 11) is -3.08. The summed E-state index contributed by atoms with van der Waals surface area (Å²) >= 11 is 0. The molecule has 4 nitrogen and oxygen atoms in total. The fourth-order valence-corrected chi connectivity index (χ4v) is 3.61. The summed E-state index contributed by atoms with van der Waals surface area (Å²) in [5.41, 5.74) is 2.84. The van der Waals surface area contributed by atoms with Crippen molar-refractivity contribution >= 4 is 21.3 Å². The minimum atomic E-state index is -3.08. The second-order valence-electron chi connectivity index (χ2n) is 4.87. The molecule has 0 unspecified atom stereocenters. The number of carbonyl (C=O) groups excluding carboxylic acids is 1. The van der Waals surface area contributed by atoms with Crippen molar-refractivity contribution in [2.24, 2.45) is 0 Å². The molecule has 1 aliphatic rings. The summed E-state index contributed by atoms with van der Waals surface area (Å²) in [6, 6.07) is 5.55. The highest BCUT2D eigenvalue weighted by Crippen LogP contribution is 2.23. The number of carbonyl (C=O) groups is 1. The van der Waals surface area contributed by atoms with E-state index in [2.05, 4.69) is 5.32 Å². The maximum Gasteiger partial charge on any atom is 0.163 e. The monoisotopic (exact) mass is 281 g/mol. The number of fused-ring (bicyclic) bond motifs is 1. The Morgan fingerprint density at radius 3 is 2.84 bits per heavy atom. The fraction of sp³-hybridized carbons (Fsp3) is 0.500. The molecule has 2 rings (SSSR count). The fourth-order valence-electron chi connectivity index (χ4n) is 2.28. The van der Waals surface area contributed by atoms with Gasteiger partial charge in [0.15, 0.2) is 15.6 Å². The highest BCUT2D eigenvalue weighted by Gasteiger charge is 2.16. The first-order chi connectivity index (χ1) is 9.02. The molecule has 0 spiro atoms. The van der Waals surface area contributed by atoms with Gasteiger partial charge < -0.3 is 5.32 Å². The van der Waals surface area contributed by atoms with Crippen molar-refractivity contribution in [3.05, 3.63) is 29.3 Å². The lowest BCUT2D eigenvalue weighted by Gasteiger charge is -2.05. The van der Waals surface area contributed by atoms with Crippen LogP contribution >= 0.6 is 0 Å². The molecule has 1 aromatic carbocycles. The number of anilines is 1. The van der Waals surface area contributed by atoms with Gasteiger partial charge in [-0.1, -0.05) is 6.92 Å². The molecule has 0 fully saturated rings. The first kappa shape index (κ1) is 14.1. The zero-order chi connectivity index (χ0) is 13.9. The van der Waals surface area contributed by atoms with Gasteiger partial charge in [0.25, 0.3) is 0 Å². The predicted molar refractivity (Wildman–Crippen MR) is 76.5 cm³/mol. The van der Waals surface area contributed by atoms with Crippen molar-refractivity contribution in [1.29, 1.82) is 0 Å². The van der Waals surface area contributed by atoms with Crippen molar-refractivity contribution in [2.45, 2.75) is 26.2 Å². The SMILES string of the molecule is CCCS(=O)(=O)CCC(=O)c1ccc2c(c1)CCN2. The van der Waals surface area contributed by atoms with Crippen molar-refractivity contribution in [2.75, 3.05) is 23.4 Å². The second-order valence-corrected chi connectivity index (χ2v) is 7.18. The van der Waals surface area contributed by atoms with E-state index in [1.165, 1.54) is 0 Å². The van der Waals surface area contributed by atoms with E-state index in [-0.39, 0.29) is 23.7 Å². The number of benzene rings is 1. The minimum Gasteiger partial charge on any atom is -0.384 e. The smallest absolute Gasteiger partial charge is 0.163 e. The standard InChI is InChI=1S/C14H19NO3S/c1-2-8-19(17,18)9-6-14(16)12-3-4-13-11(10-12)5-7-15-13/h3-4,10,15H,2,5-9H2,1H3. The molecular formula is C14H19NO3S. The number of rotatable bonds is 6.